The van der Waals surface area contributed by atoms with Crippen molar-refractivity contribution in [1.29, 1.82) is 0 Å². The van der Waals surface area contributed by atoms with Gasteiger partial charge in [-0.05, 0) is 29.7 Å². The number of amides is 3. The molecule has 30 heavy (non-hydrogen) atoms. The second-order valence-electron chi connectivity index (χ2n) is 7.43. The monoisotopic (exact) mass is 427 g/mol. The highest BCUT2D eigenvalue weighted by Gasteiger charge is 2.33. The molecule has 0 aromatic heterocycles. The van der Waals surface area contributed by atoms with E-state index in [-0.39, 0.29) is 30.1 Å². The van der Waals surface area contributed by atoms with Gasteiger partial charge >= 0.3 is 0 Å². The van der Waals surface area contributed by atoms with Gasteiger partial charge in [-0.2, -0.15) is 0 Å². The van der Waals surface area contributed by atoms with Gasteiger partial charge in [0.05, 0.1) is 5.92 Å². The van der Waals surface area contributed by atoms with Gasteiger partial charge in [0, 0.05) is 44.0 Å². The van der Waals surface area contributed by atoms with E-state index in [0.717, 1.165) is 11.1 Å². The lowest BCUT2D eigenvalue weighted by atomic mass is 10.1. The number of nitrogens with one attached hydrogen (secondary N) is 2. The molecule has 158 valence electrons. The van der Waals surface area contributed by atoms with E-state index in [1.54, 1.807) is 17.0 Å². The molecule has 0 spiro atoms. The van der Waals surface area contributed by atoms with Gasteiger partial charge in [0.15, 0.2) is 0 Å². The summed E-state index contributed by atoms with van der Waals surface area (Å²) in [6, 6.07) is 17.2. The fourth-order valence-electron chi connectivity index (χ4n) is 3.43. The van der Waals surface area contributed by atoms with Crippen LogP contribution in [0.25, 0.3) is 0 Å². The van der Waals surface area contributed by atoms with Crippen molar-refractivity contribution in [3.63, 3.8) is 0 Å². The molecule has 2 aromatic carbocycles. The fraction of sp³-hybridized carbons (Fsp3) is 0.348. The van der Waals surface area contributed by atoms with Crippen LogP contribution >= 0.6 is 11.6 Å². The van der Waals surface area contributed by atoms with Crippen LogP contribution in [0.4, 0.5) is 0 Å². The van der Waals surface area contributed by atoms with E-state index in [1.807, 2.05) is 42.5 Å². The summed E-state index contributed by atoms with van der Waals surface area (Å²) in [5.41, 5.74) is 2.10. The van der Waals surface area contributed by atoms with Crippen molar-refractivity contribution in [2.24, 2.45) is 5.92 Å². The normalized spacial score (nSPS) is 15.8. The van der Waals surface area contributed by atoms with Crippen molar-refractivity contribution in [2.45, 2.75) is 25.8 Å². The molecular formula is C23H26ClN3O3. The number of rotatable bonds is 9. The fourth-order valence-corrected chi connectivity index (χ4v) is 3.56. The maximum atomic E-state index is 12.4. The van der Waals surface area contributed by atoms with Gasteiger partial charge in [0.25, 0.3) is 0 Å². The minimum Gasteiger partial charge on any atom is -0.354 e. The Balaban J connectivity index is 1.32. The summed E-state index contributed by atoms with van der Waals surface area (Å²) < 4.78 is 0. The van der Waals surface area contributed by atoms with Gasteiger partial charge in [-0.3, -0.25) is 14.4 Å². The lowest BCUT2D eigenvalue weighted by Crippen LogP contribution is -2.38. The Morgan fingerprint density at radius 2 is 1.67 bits per heavy atom. The molecule has 1 atom stereocenters. The van der Waals surface area contributed by atoms with Crippen LogP contribution in [0, 0.1) is 5.92 Å². The Labute approximate surface area is 181 Å². The minimum atomic E-state index is -0.346. The van der Waals surface area contributed by atoms with E-state index in [9.17, 15) is 14.4 Å². The number of hydrogen-bond acceptors (Lipinski definition) is 3. The van der Waals surface area contributed by atoms with Crippen LogP contribution in [0.3, 0.4) is 0 Å². The molecule has 3 rings (SSSR count). The molecule has 6 nitrogen and oxygen atoms in total. The van der Waals surface area contributed by atoms with E-state index < -0.39 is 0 Å². The third-order valence-corrected chi connectivity index (χ3v) is 5.35. The van der Waals surface area contributed by atoms with Crippen molar-refractivity contribution in [2.75, 3.05) is 19.6 Å². The van der Waals surface area contributed by atoms with Crippen LogP contribution in [-0.2, 0) is 27.3 Å². The number of carbonyl (C=O) groups is 3. The third-order valence-electron chi connectivity index (χ3n) is 5.10. The highest BCUT2D eigenvalue weighted by atomic mass is 35.5. The van der Waals surface area contributed by atoms with Gasteiger partial charge in [0.1, 0.15) is 0 Å². The minimum absolute atomic E-state index is 0.00509. The van der Waals surface area contributed by atoms with Crippen molar-refractivity contribution in [3.05, 3.63) is 70.7 Å². The van der Waals surface area contributed by atoms with Gasteiger partial charge in [0.2, 0.25) is 17.7 Å². The van der Waals surface area contributed by atoms with Gasteiger partial charge in [-0.15, -0.1) is 0 Å². The number of nitrogens with zero attached hydrogens (tertiary/aromatic N) is 1. The zero-order valence-electron chi connectivity index (χ0n) is 16.8. The maximum Gasteiger partial charge on any atom is 0.225 e. The topological polar surface area (TPSA) is 78.5 Å². The first-order valence-corrected chi connectivity index (χ1v) is 10.5. The van der Waals surface area contributed by atoms with E-state index >= 15 is 0 Å². The smallest absolute Gasteiger partial charge is 0.225 e. The number of benzene rings is 2. The average molecular weight is 428 g/mol. The second kappa shape index (κ2) is 10.8. The zero-order valence-corrected chi connectivity index (χ0v) is 17.5. The third kappa shape index (κ3) is 6.59. The standard InChI is InChI=1S/C23H26ClN3O3/c24-20-9-6-17(7-10-20)8-11-21(28)25-12-13-26-23(30)19-14-22(29)27(16-19)15-18-4-2-1-3-5-18/h1-7,9-10,19H,8,11-16H2,(H,25,28)(H,26,30). The van der Waals surface area contributed by atoms with Gasteiger partial charge in [-0.25, -0.2) is 0 Å². The number of aryl methyl sites for hydroxylation is 1. The number of halogens is 1. The number of carbonyl (C=O) groups excluding carboxylic acids is 3. The molecule has 1 aliphatic heterocycles. The van der Waals surface area contributed by atoms with Gasteiger partial charge < -0.3 is 15.5 Å². The van der Waals surface area contributed by atoms with E-state index in [2.05, 4.69) is 10.6 Å². The van der Waals surface area contributed by atoms with E-state index in [0.29, 0.717) is 44.0 Å². The maximum absolute atomic E-state index is 12.4. The summed E-state index contributed by atoms with van der Waals surface area (Å²) in [6.45, 7) is 1.65. The molecule has 7 heteroatoms. The van der Waals surface area contributed by atoms with Crippen molar-refractivity contribution >= 4 is 29.3 Å². The first-order chi connectivity index (χ1) is 14.5. The predicted octanol–water partition coefficient (Wildman–Crippen LogP) is 2.55. The Kier molecular flexibility index (Phi) is 7.85. The SMILES string of the molecule is O=C(CCc1ccc(Cl)cc1)NCCNC(=O)C1CC(=O)N(Cc2ccccc2)C1. The van der Waals surface area contributed by atoms with Crippen LogP contribution in [0.15, 0.2) is 54.6 Å². The molecule has 0 radical (unpaired) electrons. The number of likely N-dealkylation sites (tertiary alicyclic amines) is 1. The van der Waals surface area contributed by atoms with Crippen LogP contribution in [0.5, 0.6) is 0 Å². The summed E-state index contributed by atoms with van der Waals surface area (Å²) in [6.07, 6.45) is 1.24. The Morgan fingerprint density at radius 1 is 0.967 bits per heavy atom. The van der Waals surface area contributed by atoms with E-state index in [1.165, 1.54) is 0 Å². The summed E-state index contributed by atoms with van der Waals surface area (Å²) in [5.74, 6) is -0.560. The summed E-state index contributed by atoms with van der Waals surface area (Å²) in [7, 11) is 0. The Morgan fingerprint density at radius 3 is 2.40 bits per heavy atom. The molecule has 0 aliphatic carbocycles. The molecule has 2 N–H and O–H groups in total. The molecule has 1 unspecified atom stereocenters. The van der Waals surface area contributed by atoms with Crippen LogP contribution in [-0.4, -0.2) is 42.3 Å². The highest BCUT2D eigenvalue weighted by Crippen LogP contribution is 2.20. The van der Waals surface area contributed by atoms with Crippen molar-refractivity contribution in [3.8, 4) is 0 Å². The molecular weight excluding hydrogens is 402 g/mol. The van der Waals surface area contributed by atoms with E-state index in [4.69, 9.17) is 11.6 Å². The molecule has 3 amide bonds. The first kappa shape index (κ1) is 21.8. The highest BCUT2D eigenvalue weighted by molar-refractivity contribution is 6.30. The Hall–Kier alpha value is -2.86. The van der Waals surface area contributed by atoms with Crippen LogP contribution in [0.2, 0.25) is 5.02 Å². The van der Waals surface area contributed by atoms with Crippen LogP contribution in [0.1, 0.15) is 24.0 Å². The average Bonchev–Trinajstić information content (AvgIpc) is 3.12. The Bertz CT molecular complexity index is 871. The molecule has 1 fully saturated rings. The number of hydrogen-bond donors (Lipinski definition) is 2. The molecule has 0 saturated carbocycles. The molecule has 1 aliphatic rings. The lowest BCUT2D eigenvalue weighted by molar-refractivity contribution is -0.129. The quantitative estimate of drug-likeness (QED) is 0.604. The predicted molar refractivity (Wildman–Crippen MR) is 116 cm³/mol. The van der Waals surface area contributed by atoms with Gasteiger partial charge in [-0.1, -0.05) is 54.1 Å². The zero-order chi connectivity index (χ0) is 21.3. The first-order valence-electron chi connectivity index (χ1n) is 10.1. The summed E-state index contributed by atoms with van der Waals surface area (Å²) in [4.78, 5) is 38.2. The van der Waals surface area contributed by atoms with Crippen molar-refractivity contribution in [1.82, 2.24) is 15.5 Å². The lowest BCUT2D eigenvalue weighted by Gasteiger charge is -2.16. The summed E-state index contributed by atoms with van der Waals surface area (Å²) >= 11 is 5.85. The molecule has 2 aromatic rings. The molecule has 1 heterocycles. The second-order valence-corrected chi connectivity index (χ2v) is 7.86. The summed E-state index contributed by atoms with van der Waals surface area (Å²) in [5, 5.41) is 6.29. The van der Waals surface area contributed by atoms with Crippen molar-refractivity contribution < 1.29 is 14.4 Å². The largest absolute Gasteiger partial charge is 0.354 e. The van der Waals surface area contributed by atoms with Crippen LogP contribution < -0.4 is 10.6 Å². The molecule has 0 bridgehead atoms. The molecule has 1 saturated heterocycles.